The Balaban J connectivity index is 2.01. The van der Waals surface area contributed by atoms with Crippen LogP contribution in [0.25, 0.3) is 0 Å². The number of ether oxygens (including phenoxy) is 2. The van der Waals surface area contributed by atoms with Gasteiger partial charge in [-0.25, -0.2) is 9.18 Å². The first kappa shape index (κ1) is 14.6. The third-order valence-corrected chi connectivity index (χ3v) is 2.61. The lowest BCUT2D eigenvalue weighted by molar-refractivity contribution is 0.0210. The van der Waals surface area contributed by atoms with Crippen molar-refractivity contribution in [3.8, 4) is 0 Å². The molecular formula is C14H19FN2O3. The number of nitrogens with one attached hydrogen (secondary N) is 2. The normalized spacial score (nSPS) is 15.4. The van der Waals surface area contributed by atoms with Crippen molar-refractivity contribution in [1.82, 2.24) is 0 Å². The van der Waals surface area contributed by atoms with Gasteiger partial charge in [0, 0.05) is 5.69 Å². The average Bonchev–Trinajstić information content (AvgIpc) is 2.24. The van der Waals surface area contributed by atoms with Gasteiger partial charge in [-0.3, -0.25) is 5.32 Å². The van der Waals surface area contributed by atoms with E-state index in [2.05, 4.69) is 10.6 Å². The Labute approximate surface area is 117 Å². The van der Waals surface area contributed by atoms with Crippen LogP contribution in [-0.2, 0) is 9.47 Å². The van der Waals surface area contributed by atoms with Crippen molar-refractivity contribution in [1.29, 1.82) is 0 Å². The van der Waals surface area contributed by atoms with Crippen LogP contribution >= 0.6 is 0 Å². The second kappa shape index (κ2) is 5.66. The third kappa shape index (κ3) is 4.09. The van der Waals surface area contributed by atoms with E-state index < -0.39 is 11.7 Å². The molecule has 1 aliphatic heterocycles. The highest BCUT2D eigenvalue weighted by Gasteiger charge is 2.20. The molecule has 0 saturated carbocycles. The van der Waals surface area contributed by atoms with Gasteiger partial charge in [0.1, 0.15) is 11.4 Å². The summed E-state index contributed by atoms with van der Waals surface area (Å²) in [4.78, 5) is 11.6. The number of amides is 1. The monoisotopic (exact) mass is 282 g/mol. The van der Waals surface area contributed by atoms with Gasteiger partial charge in [-0.15, -0.1) is 0 Å². The molecule has 5 nitrogen and oxygen atoms in total. The quantitative estimate of drug-likeness (QED) is 0.894. The number of hydrogen-bond acceptors (Lipinski definition) is 4. The van der Waals surface area contributed by atoms with Gasteiger partial charge in [0.2, 0.25) is 0 Å². The molecule has 20 heavy (non-hydrogen) atoms. The lowest BCUT2D eigenvalue weighted by atomic mass is 10.2. The Morgan fingerprint density at radius 3 is 2.65 bits per heavy atom. The minimum Gasteiger partial charge on any atom is -0.444 e. The molecule has 1 aromatic rings. The predicted molar refractivity (Wildman–Crippen MR) is 74.5 cm³/mol. The molecule has 110 valence electrons. The van der Waals surface area contributed by atoms with Crippen LogP contribution in [0.5, 0.6) is 0 Å². The van der Waals surface area contributed by atoms with Gasteiger partial charge in [0.15, 0.2) is 0 Å². The lowest BCUT2D eigenvalue weighted by Crippen LogP contribution is -2.40. The number of hydrogen-bond donors (Lipinski definition) is 2. The highest BCUT2D eigenvalue weighted by Crippen LogP contribution is 2.22. The van der Waals surface area contributed by atoms with Crippen LogP contribution in [0.15, 0.2) is 18.2 Å². The topological polar surface area (TPSA) is 59.6 Å². The van der Waals surface area contributed by atoms with Crippen LogP contribution in [0, 0.1) is 5.82 Å². The van der Waals surface area contributed by atoms with E-state index in [9.17, 15) is 9.18 Å². The Morgan fingerprint density at radius 2 is 2.10 bits per heavy atom. The van der Waals surface area contributed by atoms with E-state index in [0.29, 0.717) is 24.6 Å². The Bertz CT molecular complexity index is 496. The molecular weight excluding hydrogens is 263 g/mol. The lowest BCUT2D eigenvalue weighted by Gasteiger charge is -2.28. The third-order valence-electron chi connectivity index (χ3n) is 2.61. The summed E-state index contributed by atoms with van der Waals surface area (Å²) >= 11 is 0. The largest absolute Gasteiger partial charge is 0.444 e. The van der Waals surface area contributed by atoms with Crippen molar-refractivity contribution in [2.75, 3.05) is 23.8 Å². The maximum absolute atomic E-state index is 13.7. The second-order valence-electron chi connectivity index (χ2n) is 5.70. The number of carbonyl (C=O) groups excluding carboxylic acids is 1. The fourth-order valence-electron chi connectivity index (χ4n) is 1.67. The fraction of sp³-hybridized carbons (Fsp3) is 0.500. The zero-order valence-electron chi connectivity index (χ0n) is 11.8. The molecule has 0 aliphatic carbocycles. The molecule has 6 heteroatoms. The van der Waals surface area contributed by atoms with Gasteiger partial charge in [0.25, 0.3) is 0 Å². The summed E-state index contributed by atoms with van der Waals surface area (Å²) < 4.78 is 23.8. The molecule has 0 atom stereocenters. The van der Waals surface area contributed by atoms with Crippen molar-refractivity contribution in [2.24, 2.45) is 0 Å². The van der Waals surface area contributed by atoms with E-state index in [-0.39, 0.29) is 11.9 Å². The smallest absolute Gasteiger partial charge is 0.412 e. The Hall–Kier alpha value is -1.82. The molecule has 0 spiro atoms. The van der Waals surface area contributed by atoms with E-state index >= 15 is 0 Å². The van der Waals surface area contributed by atoms with Gasteiger partial charge in [-0.2, -0.15) is 0 Å². The fourth-order valence-corrected chi connectivity index (χ4v) is 1.67. The van der Waals surface area contributed by atoms with E-state index in [0.717, 1.165) is 0 Å². The highest BCUT2D eigenvalue weighted by molar-refractivity contribution is 5.85. The Kier molecular flexibility index (Phi) is 4.13. The van der Waals surface area contributed by atoms with Crippen LogP contribution in [0.4, 0.5) is 20.6 Å². The number of rotatable bonds is 3. The van der Waals surface area contributed by atoms with Crippen LogP contribution < -0.4 is 10.6 Å². The standard InChI is InChI=1S/C14H19FN2O3/c1-14(2,3)20-13(18)17-9-4-5-11(15)12(6-9)16-10-7-19-8-10/h4-6,10,16H,7-8H2,1-3H3,(H,17,18). The van der Waals surface area contributed by atoms with Gasteiger partial charge < -0.3 is 14.8 Å². The van der Waals surface area contributed by atoms with Gasteiger partial charge in [-0.1, -0.05) is 0 Å². The Morgan fingerprint density at radius 1 is 1.40 bits per heavy atom. The van der Waals surface area contributed by atoms with E-state index in [4.69, 9.17) is 9.47 Å². The molecule has 1 fully saturated rings. The van der Waals surface area contributed by atoms with Crippen LogP contribution in [-0.4, -0.2) is 30.9 Å². The molecule has 1 aromatic carbocycles. The number of halogens is 1. The zero-order chi connectivity index (χ0) is 14.8. The molecule has 0 bridgehead atoms. The number of carbonyl (C=O) groups is 1. The highest BCUT2D eigenvalue weighted by atomic mass is 19.1. The van der Waals surface area contributed by atoms with Crippen molar-refractivity contribution in [3.63, 3.8) is 0 Å². The molecule has 1 saturated heterocycles. The molecule has 2 rings (SSSR count). The summed E-state index contributed by atoms with van der Waals surface area (Å²) in [6.45, 7) is 6.45. The van der Waals surface area contributed by atoms with Gasteiger partial charge in [-0.05, 0) is 39.0 Å². The summed E-state index contributed by atoms with van der Waals surface area (Å²) in [5.41, 5.74) is 0.240. The van der Waals surface area contributed by atoms with E-state index in [1.807, 2.05) is 0 Å². The maximum Gasteiger partial charge on any atom is 0.412 e. The summed E-state index contributed by atoms with van der Waals surface area (Å²) in [7, 11) is 0. The summed E-state index contributed by atoms with van der Waals surface area (Å²) in [6.07, 6.45) is -0.568. The molecule has 0 radical (unpaired) electrons. The predicted octanol–water partition coefficient (Wildman–Crippen LogP) is 2.98. The number of anilines is 2. The molecule has 1 heterocycles. The molecule has 0 aromatic heterocycles. The minimum absolute atomic E-state index is 0.112. The zero-order valence-corrected chi connectivity index (χ0v) is 11.8. The van der Waals surface area contributed by atoms with Crippen molar-refractivity contribution in [2.45, 2.75) is 32.4 Å². The van der Waals surface area contributed by atoms with Crippen LogP contribution in [0.1, 0.15) is 20.8 Å². The van der Waals surface area contributed by atoms with Crippen molar-refractivity contribution >= 4 is 17.5 Å². The first-order chi connectivity index (χ1) is 9.33. The van der Waals surface area contributed by atoms with Crippen molar-refractivity contribution in [3.05, 3.63) is 24.0 Å². The van der Waals surface area contributed by atoms with Gasteiger partial charge in [0.05, 0.1) is 24.9 Å². The summed E-state index contributed by atoms with van der Waals surface area (Å²) in [5, 5.41) is 5.59. The average molecular weight is 282 g/mol. The van der Waals surface area contributed by atoms with Crippen LogP contribution in [0.2, 0.25) is 0 Å². The minimum atomic E-state index is -0.575. The SMILES string of the molecule is CC(C)(C)OC(=O)Nc1ccc(F)c(NC2COC2)c1. The molecule has 0 unspecified atom stereocenters. The number of benzene rings is 1. The van der Waals surface area contributed by atoms with E-state index in [1.54, 1.807) is 20.8 Å². The summed E-state index contributed by atoms with van der Waals surface area (Å²) in [5.74, 6) is -0.369. The molecule has 2 N–H and O–H groups in total. The maximum atomic E-state index is 13.7. The van der Waals surface area contributed by atoms with Crippen molar-refractivity contribution < 1.29 is 18.7 Å². The first-order valence-corrected chi connectivity index (χ1v) is 6.47. The summed E-state index contributed by atoms with van der Waals surface area (Å²) in [6, 6.07) is 4.44. The van der Waals surface area contributed by atoms with Gasteiger partial charge >= 0.3 is 6.09 Å². The second-order valence-corrected chi connectivity index (χ2v) is 5.70. The first-order valence-electron chi connectivity index (χ1n) is 6.47. The molecule has 1 aliphatic rings. The molecule has 1 amide bonds. The van der Waals surface area contributed by atoms with E-state index in [1.165, 1.54) is 18.2 Å². The van der Waals surface area contributed by atoms with Crippen LogP contribution in [0.3, 0.4) is 0 Å².